The molecule has 0 saturated heterocycles. The maximum atomic E-state index is 5.62. The summed E-state index contributed by atoms with van der Waals surface area (Å²) in [6, 6.07) is 17.7. The van der Waals surface area contributed by atoms with Crippen molar-refractivity contribution in [3.8, 4) is 28.7 Å². The van der Waals surface area contributed by atoms with Gasteiger partial charge in [0.15, 0.2) is 17.3 Å². The third-order valence-corrected chi connectivity index (χ3v) is 5.85. The van der Waals surface area contributed by atoms with Crippen molar-refractivity contribution in [3.63, 3.8) is 0 Å². The van der Waals surface area contributed by atoms with Gasteiger partial charge in [-0.15, -0.1) is 11.3 Å². The summed E-state index contributed by atoms with van der Waals surface area (Å²) in [4.78, 5) is 5.57. The minimum atomic E-state index is 0.512. The molecular formula is C25H25N3O4S. The van der Waals surface area contributed by atoms with Gasteiger partial charge >= 0.3 is 0 Å². The second-order valence-electron chi connectivity index (χ2n) is 6.98. The summed E-state index contributed by atoms with van der Waals surface area (Å²) in [6.07, 6.45) is 4.21. The molecule has 7 nitrogen and oxygen atoms in total. The molecule has 0 unspecified atom stereocenters. The summed E-state index contributed by atoms with van der Waals surface area (Å²) < 4.78 is 23.8. The van der Waals surface area contributed by atoms with Crippen molar-refractivity contribution >= 4 is 17.6 Å². The maximum absolute atomic E-state index is 5.62. The number of hydrogen-bond acceptors (Lipinski definition) is 7. The molecule has 0 aliphatic heterocycles. The van der Waals surface area contributed by atoms with E-state index < -0.39 is 0 Å². The average molecular weight is 464 g/mol. The molecule has 0 bridgehead atoms. The molecule has 4 rings (SSSR count). The van der Waals surface area contributed by atoms with Crippen LogP contribution < -0.4 is 19.0 Å². The van der Waals surface area contributed by atoms with Gasteiger partial charge in [-0.3, -0.25) is 4.99 Å². The molecule has 0 spiro atoms. The van der Waals surface area contributed by atoms with E-state index in [4.69, 9.17) is 28.7 Å². The zero-order valence-corrected chi connectivity index (χ0v) is 19.5. The smallest absolute Gasteiger partial charge is 0.206 e. The number of ether oxygens (including phenoxy) is 3. The number of thiazole rings is 1. The van der Waals surface area contributed by atoms with Crippen LogP contribution in [0.25, 0.3) is 11.5 Å². The highest BCUT2D eigenvalue weighted by atomic mass is 32.1. The molecule has 0 saturated carbocycles. The van der Waals surface area contributed by atoms with Crippen molar-refractivity contribution < 1.29 is 18.6 Å². The topological polar surface area (TPSA) is 70.5 Å². The number of furan rings is 1. The lowest BCUT2D eigenvalue weighted by atomic mass is 10.2. The summed E-state index contributed by atoms with van der Waals surface area (Å²) in [5.74, 6) is 2.35. The standard InChI is InChI=1S/C25H25N3O4S/c1-29-22-12-11-19(23(30-2)24(22)31-3)16-27-28-20(21-10-7-15-32-21)17-33-25(28)26-14-13-18-8-5-4-6-9-18/h4-12,15-17H,13-14H2,1-3H3. The molecule has 8 heteroatoms. The lowest BCUT2D eigenvalue weighted by Gasteiger charge is -2.13. The van der Waals surface area contributed by atoms with Crippen molar-refractivity contribution in [3.05, 3.63) is 82.2 Å². The number of rotatable bonds is 9. The predicted molar refractivity (Wildman–Crippen MR) is 130 cm³/mol. The molecule has 4 aromatic rings. The Labute approximate surface area is 196 Å². The second kappa shape index (κ2) is 10.7. The van der Waals surface area contributed by atoms with Gasteiger partial charge in [0.25, 0.3) is 0 Å². The van der Waals surface area contributed by atoms with Crippen LogP contribution in [0.1, 0.15) is 11.1 Å². The molecule has 2 heterocycles. The quantitative estimate of drug-likeness (QED) is 0.332. The van der Waals surface area contributed by atoms with E-state index in [2.05, 4.69) is 12.1 Å². The first-order valence-corrected chi connectivity index (χ1v) is 11.2. The fourth-order valence-electron chi connectivity index (χ4n) is 3.39. The molecule has 33 heavy (non-hydrogen) atoms. The first kappa shape index (κ1) is 22.4. The van der Waals surface area contributed by atoms with Crippen LogP contribution in [0.4, 0.5) is 0 Å². The van der Waals surface area contributed by atoms with Crippen molar-refractivity contribution in [1.82, 2.24) is 4.68 Å². The molecule has 0 aliphatic rings. The van der Waals surface area contributed by atoms with Crippen LogP contribution in [-0.2, 0) is 6.42 Å². The second-order valence-corrected chi connectivity index (χ2v) is 7.81. The van der Waals surface area contributed by atoms with Crippen LogP contribution in [0.5, 0.6) is 17.2 Å². The van der Waals surface area contributed by atoms with Gasteiger partial charge in [0.2, 0.25) is 10.6 Å². The van der Waals surface area contributed by atoms with Crippen LogP contribution >= 0.6 is 11.3 Å². The normalized spacial score (nSPS) is 11.8. The maximum Gasteiger partial charge on any atom is 0.206 e. The fraction of sp³-hybridized carbons (Fsp3) is 0.200. The number of aromatic nitrogens is 1. The Kier molecular flexibility index (Phi) is 7.26. The first-order valence-electron chi connectivity index (χ1n) is 10.4. The molecule has 0 atom stereocenters. The highest BCUT2D eigenvalue weighted by Gasteiger charge is 2.15. The van der Waals surface area contributed by atoms with Crippen molar-refractivity contribution in [2.24, 2.45) is 10.1 Å². The van der Waals surface area contributed by atoms with E-state index in [9.17, 15) is 0 Å². The minimum Gasteiger partial charge on any atom is -0.493 e. The summed E-state index contributed by atoms with van der Waals surface area (Å²) in [5, 5.41) is 6.72. The van der Waals surface area contributed by atoms with Crippen LogP contribution in [0.3, 0.4) is 0 Å². The van der Waals surface area contributed by atoms with Gasteiger partial charge in [0, 0.05) is 17.5 Å². The lowest BCUT2D eigenvalue weighted by molar-refractivity contribution is 0.324. The Balaban J connectivity index is 1.71. The van der Waals surface area contributed by atoms with Crippen molar-refractivity contribution in [2.75, 3.05) is 27.9 Å². The third kappa shape index (κ3) is 5.01. The summed E-state index contributed by atoms with van der Waals surface area (Å²) in [7, 11) is 4.75. The van der Waals surface area contributed by atoms with Gasteiger partial charge in [-0.05, 0) is 36.2 Å². The molecule has 0 fully saturated rings. The van der Waals surface area contributed by atoms with E-state index in [-0.39, 0.29) is 0 Å². The van der Waals surface area contributed by atoms with Gasteiger partial charge < -0.3 is 18.6 Å². The van der Waals surface area contributed by atoms with Gasteiger partial charge in [0.1, 0.15) is 5.69 Å². The van der Waals surface area contributed by atoms with Crippen LogP contribution in [0, 0.1) is 0 Å². The molecule has 0 amide bonds. The highest BCUT2D eigenvalue weighted by Crippen LogP contribution is 2.39. The van der Waals surface area contributed by atoms with Gasteiger partial charge in [0.05, 0.1) is 33.8 Å². The molecular weight excluding hydrogens is 438 g/mol. The molecule has 2 aromatic carbocycles. The van der Waals surface area contributed by atoms with Crippen molar-refractivity contribution in [1.29, 1.82) is 0 Å². The van der Waals surface area contributed by atoms with E-state index in [0.29, 0.717) is 29.6 Å². The monoisotopic (exact) mass is 463 g/mol. The third-order valence-electron chi connectivity index (χ3n) is 5.00. The molecule has 2 aromatic heterocycles. The summed E-state index contributed by atoms with van der Waals surface area (Å²) in [5.41, 5.74) is 2.81. The zero-order chi connectivity index (χ0) is 23.0. The van der Waals surface area contributed by atoms with Crippen LogP contribution in [-0.4, -0.2) is 38.8 Å². The zero-order valence-electron chi connectivity index (χ0n) is 18.7. The highest BCUT2D eigenvalue weighted by molar-refractivity contribution is 7.07. The Morgan fingerprint density at radius 1 is 0.939 bits per heavy atom. The first-order chi connectivity index (χ1) is 16.2. The van der Waals surface area contributed by atoms with E-state index in [1.54, 1.807) is 38.5 Å². The predicted octanol–water partition coefficient (Wildman–Crippen LogP) is 4.86. The van der Waals surface area contributed by atoms with Crippen LogP contribution in [0.2, 0.25) is 0 Å². The Morgan fingerprint density at radius 2 is 1.76 bits per heavy atom. The molecule has 0 radical (unpaired) electrons. The number of nitrogens with zero attached hydrogens (tertiary/aromatic N) is 3. The van der Waals surface area contributed by atoms with E-state index in [1.165, 1.54) is 16.9 Å². The number of benzene rings is 2. The van der Waals surface area contributed by atoms with Crippen molar-refractivity contribution in [2.45, 2.75) is 6.42 Å². The molecule has 0 aliphatic carbocycles. The lowest BCUT2D eigenvalue weighted by Crippen LogP contribution is -2.13. The summed E-state index contributed by atoms with van der Waals surface area (Å²) >= 11 is 1.51. The fourth-order valence-corrected chi connectivity index (χ4v) is 4.23. The molecule has 170 valence electrons. The minimum absolute atomic E-state index is 0.512. The van der Waals surface area contributed by atoms with E-state index in [0.717, 1.165) is 22.5 Å². The van der Waals surface area contributed by atoms with Crippen LogP contribution in [0.15, 0.2) is 80.8 Å². The Morgan fingerprint density at radius 3 is 2.45 bits per heavy atom. The largest absolute Gasteiger partial charge is 0.493 e. The van der Waals surface area contributed by atoms with Gasteiger partial charge in [-0.25, -0.2) is 4.68 Å². The van der Waals surface area contributed by atoms with E-state index in [1.807, 2.05) is 47.8 Å². The summed E-state index contributed by atoms with van der Waals surface area (Å²) in [6.45, 7) is 0.650. The number of methoxy groups -OCH3 is 3. The van der Waals surface area contributed by atoms with E-state index >= 15 is 0 Å². The average Bonchev–Trinajstić information content (AvgIpc) is 3.52. The Bertz CT molecular complexity index is 1270. The Hall–Kier alpha value is -3.78. The SMILES string of the molecule is COc1ccc(C=Nn2c(-c3ccco3)csc2=NCCc2ccccc2)c(OC)c1OC. The van der Waals surface area contributed by atoms with Gasteiger partial charge in [-0.2, -0.15) is 5.10 Å². The van der Waals surface area contributed by atoms with Gasteiger partial charge in [-0.1, -0.05) is 30.3 Å². The molecule has 0 N–H and O–H groups in total. The number of hydrogen-bond donors (Lipinski definition) is 0.